The number of furan rings is 1. The number of amides is 1. The number of carbonyl (C=O) groups excluding carboxylic acids is 1. The largest absolute Gasteiger partial charge is 0.467 e. The van der Waals surface area contributed by atoms with E-state index in [0.29, 0.717) is 40.8 Å². The van der Waals surface area contributed by atoms with E-state index in [1.165, 1.54) is 10.6 Å². The molecule has 0 spiro atoms. The first-order chi connectivity index (χ1) is 15.1. The molecule has 0 saturated carbocycles. The third-order valence-electron chi connectivity index (χ3n) is 4.73. The molecule has 9 heteroatoms. The van der Waals surface area contributed by atoms with Gasteiger partial charge in [0.1, 0.15) is 5.76 Å². The summed E-state index contributed by atoms with van der Waals surface area (Å²) in [5.74, 6) is 0.738. The van der Waals surface area contributed by atoms with E-state index < -0.39 is 0 Å². The number of aryl methyl sites for hydroxylation is 1. The minimum Gasteiger partial charge on any atom is -0.467 e. The Balaban J connectivity index is 1.66. The number of fused-ring (bicyclic) bond motifs is 1. The number of anilines is 1. The highest BCUT2D eigenvalue weighted by molar-refractivity contribution is 5.94. The summed E-state index contributed by atoms with van der Waals surface area (Å²) in [6.07, 6.45) is 1.55. The van der Waals surface area contributed by atoms with Crippen LogP contribution < -0.4 is 16.2 Å². The van der Waals surface area contributed by atoms with Crippen molar-refractivity contribution in [1.82, 2.24) is 19.9 Å². The maximum Gasteiger partial charge on any atom is 0.256 e. The number of aromatic nitrogens is 3. The topological polar surface area (TPSA) is 122 Å². The molecule has 0 saturated heterocycles. The van der Waals surface area contributed by atoms with Gasteiger partial charge in [-0.2, -0.15) is 4.98 Å². The van der Waals surface area contributed by atoms with Crippen LogP contribution in [0.25, 0.3) is 16.7 Å². The Labute approximate surface area is 177 Å². The van der Waals surface area contributed by atoms with Crippen LogP contribution in [0.1, 0.15) is 21.8 Å². The number of aliphatic hydroxyl groups excluding tert-OH is 1. The molecule has 0 radical (unpaired) electrons. The lowest BCUT2D eigenvalue weighted by molar-refractivity contribution is 0.0948. The monoisotopic (exact) mass is 419 g/mol. The van der Waals surface area contributed by atoms with Crippen molar-refractivity contribution in [2.45, 2.75) is 13.5 Å². The van der Waals surface area contributed by atoms with Crippen molar-refractivity contribution in [3.05, 3.63) is 82.2 Å². The number of aliphatic hydroxyl groups is 1. The number of nitrogens with zero attached hydrogens (tertiary/aromatic N) is 3. The summed E-state index contributed by atoms with van der Waals surface area (Å²) in [5, 5.41) is 15.5. The zero-order valence-electron chi connectivity index (χ0n) is 16.8. The number of pyridine rings is 1. The van der Waals surface area contributed by atoms with Crippen LogP contribution in [-0.2, 0) is 6.54 Å². The fourth-order valence-electron chi connectivity index (χ4n) is 3.21. The summed E-state index contributed by atoms with van der Waals surface area (Å²) in [7, 11) is 0. The van der Waals surface area contributed by atoms with Crippen LogP contribution >= 0.6 is 0 Å². The highest BCUT2D eigenvalue weighted by atomic mass is 16.3. The predicted molar refractivity (Wildman–Crippen MR) is 115 cm³/mol. The Kier molecular flexibility index (Phi) is 5.76. The Morgan fingerprint density at radius 2 is 1.94 bits per heavy atom. The first-order valence-corrected chi connectivity index (χ1v) is 9.73. The van der Waals surface area contributed by atoms with Crippen LogP contribution in [0.2, 0.25) is 0 Å². The molecule has 4 rings (SSSR count). The first-order valence-electron chi connectivity index (χ1n) is 9.73. The number of carbonyl (C=O) groups is 1. The standard InChI is InChI=1S/C22H21N5O4/c1-14-18-8-9-19(29)27(20(18)26-22(25-14)23-10-11-28)16-6-4-15(5-7-16)21(30)24-13-17-3-2-12-31-17/h2-9,12,28H,10-11,13H2,1H3,(H,24,30)(H,23,25,26). The molecular weight excluding hydrogens is 398 g/mol. The summed E-state index contributed by atoms with van der Waals surface area (Å²) >= 11 is 0. The van der Waals surface area contributed by atoms with Gasteiger partial charge in [-0.3, -0.25) is 14.2 Å². The van der Waals surface area contributed by atoms with Gasteiger partial charge in [-0.15, -0.1) is 0 Å². The molecule has 3 heterocycles. The summed E-state index contributed by atoms with van der Waals surface area (Å²) in [5.41, 5.74) is 1.92. The molecule has 1 amide bonds. The molecule has 31 heavy (non-hydrogen) atoms. The van der Waals surface area contributed by atoms with Gasteiger partial charge >= 0.3 is 0 Å². The van der Waals surface area contributed by atoms with Crippen LogP contribution in [0.15, 0.2) is 64.0 Å². The molecule has 0 aliphatic carbocycles. The summed E-state index contributed by atoms with van der Waals surface area (Å²) in [4.78, 5) is 33.9. The quantitative estimate of drug-likeness (QED) is 0.419. The van der Waals surface area contributed by atoms with Gasteiger partial charge in [0, 0.05) is 23.6 Å². The molecule has 9 nitrogen and oxygen atoms in total. The van der Waals surface area contributed by atoms with Crippen molar-refractivity contribution >= 4 is 22.9 Å². The van der Waals surface area contributed by atoms with Crippen molar-refractivity contribution in [2.24, 2.45) is 0 Å². The summed E-state index contributed by atoms with van der Waals surface area (Å²) in [6, 6.07) is 13.4. The van der Waals surface area contributed by atoms with Crippen molar-refractivity contribution in [3.8, 4) is 5.69 Å². The van der Waals surface area contributed by atoms with Gasteiger partial charge in [0.15, 0.2) is 5.65 Å². The molecule has 4 aromatic rings. The van der Waals surface area contributed by atoms with Crippen molar-refractivity contribution in [2.75, 3.05) is 18.5 Å². The molecule has 1 aromatic carbocycles. The summed E-state index contributed by atoms with van der Waals surface area (Å²) in [6.45, 7) is 2.35. The van der Waals surface area contributed by atoms with Gasteiger partial charge in [0.05, 0.1) is 30.8 Å². The second kappa shape index (κ2) is 8.80. The van der Waals surface area contributed by atoms with Crippen LogP contribution in [0, 0.1) is 6.92 Å². The molecule has 0 aliphatic heterocycles. The van der Waals surface area contributed by atoms with E-state index in [1.807, 2.05) is 6.92 Å². The van der Waals surface area contributed by atoms with Gasteiger partial charge < -0.3 is 20.2 Å². The molecule has 3 aromatic heterocycles. The highest BCUT2D eigenvalue weighted by Gasteiger charge is 2.13. The van der Waals surface area contributed by atoms with E-state index in [-0.39, 0.29) is 24.6 Å². The maximum absolute atomic E-state index is 12.7. The van der Waals surface area contributed by atoms with Crippen molar-refractivity contribution < 1.29 is 14.3 Å². The third-order valence-corrected chi connectivity index (χ3v) is 4.73. The van der Waals surface area contributed by atoms with E-state index in [0.717, 1.165) is 5.39 Å². The average Bonchev–Trinajstić information content (AvgIpc) is 3.30. The van der Waals surface area contributed by atoms with E-state index in [4.69, 9.17) is 9.52 Å². The van der Waals surface area contributed by atoms with Crippen molar-refractivity contribution in [3.63, 3.8) is 0 Å². The fourth-order valence-corrected chi connectivity index (χ4v) is 3.21. The Hall–Kier alpha value is -3.98. The molecule has 0 aliphatic rings. The molecule has 0 atom stereocenters. The minimum atomic E-state index is -0.256. The molecular formula is C22H21N5O4. The lowest BCUT2D eigenvalue weighted by Crippen LogP contribution is -2.23. The van der Waals surface area contributed by atoms with Crippen LogP contribution in [0.5, 0.6) is 0 Å². The highest BCUT2D eigenvalue weighted by Crippen LogP contribution is 2.19. The van der Waals surface area contributed by atoms with Gasteiger partial charge in [0.25, 0.3) is 11.5 Å². The average molecular weight is 419 g/mol. The second-order valence-corrected chi connectivity index (χ2v) is 6.84. The molecule has 0 bridgehead atoms. The van der Waals surface area contributed by atoms with E-state index in [2.05, 4.69) is 20.6 Å². The number of benzene rings is 1. The van der Waals surface area contributed by atoms with Gasteiger partial charge in [-0.05, 0) is 49.4 Å². The predicted octanol–water partition coefficient (Wildman–Crippen LogP) is 2.02. The van der Waals surface area contributed by atoms with Crippen LogP contribution in [-0.4, -0.2) is 38.7 Å². The smallest absolute Gasteiger partial charge is 0.256 e. The Morgan fingerprint density at radius 3 is 2.65 bits per heavy atom. The normalized spacial score (nSPS) is 10.9. The number of rotatable bonds is 7. The first kappa shape index (κ1) is 20.3. The summed E-state index contributed by atoms with van der Waals surface area (Å²) < 4.78 is 6.68. The lowest BCUT2D eigenvalue weighted by Gasteiger charge is -2.13. The van der Waals surface area contributed by atoms with Gasteiger partial charge in [-0.1, -0.05) is 0 Å². The molecule has 158 valence electrons. The number of nitrogens with one attached hydrogen (secondary N) is 2. The second-order valence-electron chi connectivity index (χ2n) is 6.84. The SMILES string of the molecule is Cc1nc(NCCO)nc2c1ccc(=O)n2-c1ccc(C(=O)NCc2ccco2)cc1. The maximum atomic E-state index is 12.7. The molecule has 0 unspecified atom stereocenters. The van der Waals surface area contributed by atoms with E-state index >= 15 is 0 Å². The van der Waals surface area contributed by atoms with Crippen molar-refractivity contribution in [1.29, 1.82) is 0 Å². The Bertz CT molecular complexity index is 1260. The number of hydrogen-bond acceptors (Lipinski definition) is 7. The lowest BCUT2D eigenvalue weighted by atomic mass is 10.1. The van der Waals surface area contributed by atoms with Crippen LogP contribution in [0.4, 0.5) is 5.95 Å². The van der Waals surface area contributed by atoms with E-state index in [9.17, 15) is 9.59 Å². The minimum absolute atomic E-state index is 0.0640. The zero-order chi connectivity index (χ0) is 21.8. The third kappa shape index (κ3) is 4.31. The molecule has 0 fully saturated rings. The van der Waals surface area contributed by atoms with Gasteiger partial charge in [-0.25, -0.2) is 4.98 Å². The van der Waals surface area contributed by atoms with E-state index in [1.54, 1.807) is 48.7 Å². The number of hydrogen-bond donors (Lipinski definition) is 3. The van der Waals surface area contributed by atoms with Crippen LogP contribution in [0.3, 0.4) is 0 Å². The zero-order valence-corrected chi connectivity index (χ0v) is 16.8. The van der Waals surface area contributed by atoms with Gasteiger partial charge in [0.2, 0.25) is 5.95 Å². The molecule has 3 N–H and O–H groups in total. The fraction of sp³-hybridized carbons (Fsp3) is 0.182. The Morgan fingerprint density at radius 1 is 1.13 bits per heavy atom.